The number of benzene rings is 1. The molecule has 0 radical (unpaired) electrons. The van der Waals surface area contributed by atoms with Crippen molar-refractivity contribution in [3.05, 3.63) is 35.0 Å². The van der Waals surface area contributed by atoms with E-state index in [1.165, 1.54) is 27.7 Å². The minimum Gasteiger partial charge on any atom is -0.347 e. The molecule has 0 aliphatic rings. The molecule has 2 rings (SSSR count). The molecule has 0 bridgehead atoms. The van der Waals surface area contributed by atoms with E-state index in [1.54, 1.807) is 0 Å². The van der Waals surface area contributed by atoms with Gasteiger partial charge in [-0.2, -0.15) is 0 Å². The second-order valence-electron chi connectivity index (χ2n) is 6.15. The summed E-state index contributed by atoms with van der Waals surface area (Å²) in [5.74, 6) is 0. The molecule has 2 heteroatoms. The van der Waals surface area contributed by atoms with Crippen LogP contribution in [0, 0.1) is 6.92 Å². The number of aromatic nitrogens is 1. The lowest BCUT2D eigenvalue weighted by molar-refractivity contribution is 0.591. The number of nitrogens with zero attached hydrogens (tertiary/aromatic N) is 1. The molecule has 18 heavy (non-hydrogen) atoms. The number of fused-ring (bicyclic) bond motifs is 1. The summed E-state index contributed by atoms with van der Waals surface area (Å²) in [5, 5.41) is 1.37. The van der Waals surface area contributed by atoms with Gasteiger partial charge in [-0.15, -0.1) is 0 Å². The summed E-state index contributed by atoms with van der Waals surface area (Å²) in [4.78, 5) is 0. The van der Waals surface area contributed by atoms with Gasteiger partial charge in [-0.05, 0) is 42.1 Å². The quantitative estimate of drug-likeness (QED) is 0.863. The topological polar surface area (TPSA) is 30.9 Å². The van der Waals surface area contributed by atoms with Crippen LogP contribution < -0.4 is 5.73 Å². The Morgan fingerprint density at radius 1 is 1.22 bits per heavy atom. The van der Waals surface area contributed by atoms with Crippen LogP contribution in [0.5, 0.6) is 0 Å². The predicted octanol–water partition coefficient (Wildman–Crippen LogP) is 3.29. The molecule has 0 spiro atoms. The summed E-state index contributed by atoms with van der Waals surface area (Å²) in [6, 6.07) is 6.82. The fraction of sp³-hybridized carbons (Fsp3) is 0.500. The summed E-state index contributed by atoms with van der Waals surface area (Å²) in [6.45, 7) is 9.69. The molecule has 0 atom stereocenters. The van der Waals surface area contributed by atoms with Gasteiger partial charge in [0.2, 0.25) is 0 Å². The highest BCUT2D eigenvalue weighted by molar-refractivity contribution is 5.86. The van der Waals surface area contributed by atoms with Gasteiger partial charge in [0.25, 0.3) is 0 Å². The van der Waals surface area contributed by atoms with E-state index in [-0.39, 0.29) is 5.41 Å². The normalized spacial score (nSPS) is 12.3. The minimum atomic E-state index is 0.199. The lowest BCUT2D eigenvalue weighted by Crippen LogP contribution is -2.10. The maximum atomic E-state index is 5.71. The number of nitrogens with two attached hydrogens (primary N) is 1. The highest BCUT2D eigenvalue weighted by Crippen LogP contribution is 2.30. The van der Waals surface area contributed by atoms with Crippen molar-refractivity contribution < 1.29 is 0 Å². The third-order valence-electron chi connectivity index (χ3n) is 3.85. The van der Waals surface area contributed by atoms with Crippen molar-refractivity contribution >= 4 is 10.9 Å². The third kappa shape index (κ3) is 2.05. The molecule has 1 heterocycles. The Labute approximate surface area is 110 Å². The first kappa shape index (κ1) is 13.2. The molecule has 0 fully saturated rings. The number of hydrogen-bond donors (Lipinski definition) is 1. The van der Waals surface area contributed by atoms with Gasteiger partial charge in [0.1, 0.15) is 0 Å². The highest BCUT2D eigenvalue weighted by atomic mass is 14.9. The largest absolute Gasteiger partial charge is 0.347 e. The summed E-state index contributed by atoms with van der Waals surface area (Å²) < 4.78 is 2.28. The lowest BCUT2D eigenvalue weighted by atomic mass is 9.86. The van der Waals surface area contributed by atoms with Gasteiger partial charge in [0.15, 0.2) is 0 Å². The van der Waals surface area contributed by atoms with Gasteiger partial charge in [0.05, 0.1) is 0 Å². The first-order chi connectivity index (χ1) is 8.36. The molecule has 0 aliphatic carbocycles. The van der Waals surface area contributed by atoms with E-state index < -0.39 is 0 Å². The van der Waals surface area contributed by atoms with Crippen LogP contribution in [0.25, 0.3) is 10.9 Å². The standard InChI is InChI=1S/C16H24N2/c1-11-13-10-12(16(2,3)4)6-7-15(13)18(5)14(11)8-9-17/h6-7,10H,8-9,17H2,1-5H3. The Balaban J connectivity index is 2.67. The number of hydrogen-bond acceptors (Lipinski definition) is 1. The van der Waals surface area contributed by atoms with Crippen LogP contribution in [0.4, 0.5) is 0 Å². The maximum absolute atomic E-state index is 5.71. The Hall–Kier alpha value is -1.28. The Morgan fingerprint density at radius 2 is 1.89 bits per heavy atom. The van der Waals surface area contributed by atoms with Gasteiger partial charge in [-0.25, -0.2) is 0 Å². The smallest absolute Gasteiger partial charge is 0.0482 e. The SMILES string of the molecule is Cc1c(CCN)n(C)c2ccc(C(C)(C)C)cc12. The molecule has 0 unspecified atom stereocenters. The van der Waals surface area contributed by atoms with Crippen molar-refractivity contribution in [1.29, 1.82) is 0 Å². The number of rotatable bonds is 2. The van der Waals surface area contributed by atoms with Crippen molar-refractivity contribution in [3.63, 3.8) is 0 Å². The second-order valence-corrected chi connectivity index (χ2v) is 6.15. The predicted molar refractivity (Wildman–Crippen MR) is 79.1 cm³/mol. The van der Waals surface area contributed by atoms with Crippen LogP contribution in [0.2, 0.25) is 0 Å². The fourth-order valence-electron chi connectivity index (χ4n) is 2.64. The van der Waals surface area contributed by atoms with Crippen LogP contribution in [0.1, 0.15) is 37.6 Å². The monoisotopic (exact) mass is 244 g/mol. The molecule has 1 aromatic heterocycles. The summed E-state index contributed by atoms with van der Waals surface area (Å²) in [6.07, 6.45) is 0.946. The van der Waals surface area contributed by atoms with Crippen molar-refractivity contribution in [2.75, 3.05) is 6.54 Å². The average Bonchev–Trinajstić information content (AvgIpc) is 2.53. The van der Waals surface area contributed by atoms with Crippen molar-refractivity contribution in [2.45, 2.75) is 39.5 Å². The van der Waals surface area contributed by atoms with Gasteiger partial charge >= 0.3 is 0 Å². The van der Waals surface area contributed by atoms with Crippen LogP contribution >= 0.6 is 0 Å². The van der Waals surface area contributed by atoms with Crippen LogP contribution in [-0.2, 0) is 18.9 Å². The average molecular weight is 244 g/mol. The molecule has 2 N–H and O–H groups in total. The highest BCUT2D eigenvalue weighted by Gasteiger charge is 2.17. The van der Waals surface area contributed by atoms with Crippen LogP contribution in [0.3, 0.4) is 0 Å². The van der Waals surface area contributed by atoms with Crippen molar-refractivity contribution in [1.82, 2.24) is 4.57 Å². The van der Waals surface area contributed by atoms with E-state index in [0.717, 1.165) is 6.42 Å². The van der Waals surface area contributed by atoms with Gasteiger partial charge < -0.3 is 10.3 Å². The second kappa shape index (κ2) is 4.43. The van der Waals surface area contributed by atoms with E-state index in [9.17, 15) is 0 Å². The first-order valence-corrected chi connectivity index (χ1v) is 6.64. The molecule has 0 aliphatic heterocycles. The molecular weight excluding hydrogens is 220 g/mol. The molecule has 0 saturated heterocycles. The molecular formula is C16H24N2. The third-order valence-corrected chi connectivity index (χ3v) is 3.85. The zero-order chi connectivity index (χ0) is 13.5. The minimum absolute atomic E-state index is 0.199. The zero-order valence-electron chi connectivity index (χ0n) is 12.2. The van der Waals surface area contributed by atoms with Gasteiger partial charge in [0, 0.05) is 30.1 Å². The van der Waals surface area contributed by atoms with E-state index in [4.69, 9.17) is 5.73 Å². The van der Waals surface area contributed by atoms with E-state index in [0.29, 0.717) is 6.54 Å². The molecule has 0 amide bonds. The van der Waals surface area contributed by atoms with Gasteiger partial charge in [-0.1, -0.05) is 26.8 Å². The van der Waals surface area contributed by atoms with Crippen molar-refractivity contribution in [2.24, 2.45) is 12.8 Å². The van der Waals surface area contributed by atoms with E-state index >= 15 is 0 Å². The Morgan fingerprint density at radius 3 is 2.44 bits per heavy atom. The lowest BCUT2D eigenvalue weighted by Gasteiger charge is -2.19. The van der Waals surface area contributed by atoms with Crippen LogP contribution in [-0.4, -0.2) is 11.1 Å². The molecule has 0 saturated carbocycles. The Kier molecular flexibility index (Phi) is 3.24. The van der Waals surface area contributed by atoms with Crippen molar-refractivity contribution in [3.8, 4) is 0 Å². The zero-order valence-corrected chi connectivity index (χ0v) is 12.2. The molecule has 2 aromatic rings. The number of aryl methyl sites for hydroxylation is 2. The van der Waals surface area contributed by atoms with Crippen LogP contribution in [0.15, 0.2) is 18.2 Å². The summed E-state index contributed by atoms with van der Waals surface area (Å²) in [7, 11) is 2.14. The molecule has 98 valence electrons. The van der Waals surface area contributed by atoms with E-state index in [1.807, 2.05) is 0 Å². The summed E-state index contributed by atoms with van der Waals surface area (Å²) >= 11 is 0. The molecule has 2 nitrogen and oxygen atoms in total. The molecule has 1 aromatic carbocycles. The van der Waals surface area contributed by atoms with Gasteiger partial charge in [-0.3, -0.25) is 0 Å². The first-order valence-electron chi connectivity index (χ1n) is 6.64. The Bertz CT molecular complexity index is 571. The fourth-order valence-corrected chi connectivity index (χ4v) is 2.64. The van der Waals surface area contributed by atoms with E-state index in [2.05, 4.69) is 57.5 Å². The summed E-state index contributed by atoms with van der Waals surface area (Å²) in [5.41, 5.74) is 11.3. The maximum Gasteiger partial charge on any atom is 0.0482 e.